The molecule has 0 saturated carbocycles. The Bertz CT molecular complexity index is 870. The van der Waals surface area contributed by atoms with Crippen molar-refractivity contribution in [3.63, 3.8) is 0 Å². The quantitative estimate of drug-likeness (QED) is 0.739. The molecule has 1 aliphatic heterocycles. The minimum absolute atomic E-state index is 0.126. The normalized spacial score (nSPS) is 17.4. The topological polar surface area (TPSA) is 79.0 Å². The standard InChI is InChI=1S/C16H16F2N6O/c17-16(18)25-12-4-2-1-3-11(12)24-6-5-10(7-24)23-15-13-14(20-8-19-13)21-9-22-15/h1-4,8-10,16H,5-7H2,(H2,19,20,21,22,23). The molecule has 1 aliphatic rings. The Morgan fingerprint density at radius 3 is 3.00 bits per heavy atom. The number of rotatable bonds is 5. The minimum atomic E-state index is -2.84. The molecule has 2 aromatic heterocycles. The lowest BCUT2D eigenvalue weighted by Crippen LogP contribution is -2.27. The van der Waals surface area contributed by atoms with Crippen LogP contribution < -0.4 is 15.0 Å². The van der Waals surface area contributed by atoms with Gasteiger partial charge in [-0.3, -0.25) is 0 Å². The Balaban J connectivity index is 1.50. The smallest absolute Gasteiger partial charge is 0.387 e. The number of hydrogen-bond acceptors (Lipinski definition) is 6. The molecule has 0 aliphatic carbocycles. The third kappa shape index (κ3) is 3.17. The van der Waals surface area contributed by atoms with Gasteiger partial charge in [-0.1, -0.05) is 12.1 Å². The van der Waals surface area contributed by atoms with Crippen molar-refractivity contribution < 1.29 is 13.5 Å². The van der Waals surface area contributed by atoms with Crippen molar-refractivity contribution in [1.82, 2.24) is 19.9 Å². The van der Waals surface area contributed by atoms with Crippen molar-refractivity contribution in [3.05, 3.63) is 36.9 Å². The van der Waals surface area contributed by atoms with E-state index in [9.17, 15) is 8.78 Å². The molecule has 4 rings (SSSR count). The molecule has 1 unspecified atom stereocenters. The van der Waals surface area contributed by atoms with E-state index in [0.717, 1.165) is 18.5 Å². The molecule has 1 saturated heterocycles. The van der Waals surface area contributed by atoms with Gasteiger partial charge in [-0.25, -0.2) is 15.0 Å². The second kappa shape index (κ2) is 6.50. The molecule has 130 valence electrons. The lowest BCUT2D eigenvalue weighted by molar-refractivity contribution is -0.0495. The molecule has 7 nitrogen and oxygen atoms in total. The largest absolute Gasteiger partial charge is 0.433 e. The molecule has 0 amide bonds. The fraction of sp³-hybridized carbons (Fsp3) is 0.312. The summed E-state index contributed by atoms with van der Waals surface area (Å²) in [6.07, 6.45) is 3.88. The fourth-order valence-corrected chi connectivity index (χ4v) is 3.08. The number of fused-ring (bicyclic) bond motifs is 1. The zero-order chi connectivity index (χ0) is 17.2. The summed E-state index contributed by atoms with van der Waals surface area (Å²) in [7, 11) is 0. The van der Waals surface area contributed by atoms with E-state index in [1.807, 2.05) is 11.0 Å². The van der Waals surface area contributed by atoms with Crippen molar-refractivity contribution in [2.24, 2.45) is 0 Å². The van der Waals surface area contributed by atoms with Gasteiger partial charge in [0, 0.05) is 19.1 Å². The van der Waals surface area contributed by atoms with E-state index in [1.165, 1.54) is 6.33 Å². The number of alkyl halides is 2. The summed E-state index contributed by atoms with van der Waals surface area (Å²) in [5.74, 6) is 0.877. The maximum Gasteiger partial charge on any atom is 0.387 e. The number of para-hydroxylation sites is 2. The first-order valence-electron chi connectivity index (χ1n) is 7.90. The van der Waals surface area contributed by atoms with Crippen LogP contribution >= 0.6 is 0 Å². The van der Waals surface area contributed by atoms with Crippen LogP contribution in [0.3, 0.4) is 0 Å². The first-order chi connectivity index (χ1) is 12.2. The molecular formula is C16H16F2N6O. The average Bonchev–Trinajstić information content (AvgIpc) is 3.24. The highest BCUT2D eigenvalue weighted by Crippen LogP contribution is 2.32. The molecule has 2 N–H and O–H groups in total. The van der Waals surface area contributed by atoms with Gasteiger partial charge in [0.15, 0.2) is 11.5 Å². The molecule has 9 heteroatoms. The van der Waals surface area contributed by atoms with Crippen LogP contribution in [0.5, 0.6) is 5.75 Å². The van der Waals surface area contributed by atoms with Crippen LogP contribution in [0.25, 0.3) is 11.2 Å². The van der Waals surface area contributed by atoms with E-state index in [-0.39, 0.29) is 11.8 Å². The molecule has 3 heterocycles. The van der Waals surface area contributed by atoms with Gasteiger partial charge in [-0.15, -0.1) is 0 Å². The Kier molecular flexibility index (Phi) is 4.04. The summed E-state index contributed by atoms with van der Waals surface area (Å²) >= 11 is 0. The first kappa shape index (κ1) is 15.6. The Labute approximate surface area is 142 Å². The summed E-state index contributed by atoms with van der Waals surface area (Å²) in [5.41, 5.74) is 2.02. The highest BCUT2D eigenvalue weighted by Gasteiger charge is 2.26. The van der Waals surface area contributed by atoms with Crippen LogP contribution in [0.2, 0.25) is 0 Å². The number of hydrogen-bond donors (Lipinski definition) is 2. The van der Waals surface area contributed by atoms with Gasteiger partial charge in [-0.05, 0) is 18.6 Å². The average molecular weight is 346 g/mol. The Morgan fingerprint density at radius 2 is 2.12 bits per heavy atom. The third-order valence-electron chi connectivity index (χ3n) is 4.17. The van der Waals surface area contributed by atoms with E-state index in [1.54, 1.807) is 24.5 Å². The summed E-state index contributed by atoms with van der Waals surface area (Å²) < 4.78 is 29.8. The highest BCUT2D eigenvalue weighted by molar-refractivity contribution is 5.82. The van der Waals surface area contributed by atoms with Crippen molar-refractivity contribution in [3.8, 4) is 5.75 Å². The van der Waals surface area contributed by atoms with Crippen LogP contribution in [0.4, 0.5) is 20.3 Å². The second-order valence-corrected chi connectivity index (χ2v) is 5.75. The number of aromatic amines is 1. The Hall–Kier alpha value is -2.97. The number of anilines is 2. The van der Waals surface area contributed by atoms with E-state index >= 15 is 0 Å². The van der Waals surface area contributed by atoms with Crippen LogP contribution in [-0.2, 0) is 0 Å². The lowest BCUT2D eigenvalue weighted by atomic mass is 10.2. The minimum Gasteiger partial charge on any atom is -0.433 e. The Morgan fingerprint density at radius 1 is 1.24 bits per heavy atom. The molecule has 1 fully saturated rings. The van der Waals surface area contributed by atoms with E-state index in [2.05, 4.69) is 30.0 Å². The van der Waals surface area contributed by atoms with Gasteiger partial charge in [0.05, 0.1) is 12.0 Å². The summed E-state index contributed by atoms with van der Waals surface area (Å²) in [6, 6.07) is 6.97. The van der Waals surface area contributed by atoms with Crippen LogP contribution in [-0.4, -0.2) is 45.7 Å². The highest BCUT2D eigenvalue weighted by atomic mass is 19.3. The van der Waals surface area contributed by atoms with Crippen molar-refractivity contribution in [1.29, 1.82) is 0 Å². The molecule has 1 atom stereocenters. The summed E-state index contributed by atoms with van der Waals surface area (Å²) in [4.78, 5) is 17.5. The number of H-pyrrole nitrogens is 1. The SMILES string of the molecule is FC(F)Oc1ccccc1N1CCC(Nc2ncnc3nc[nH]c23)C1. The monoisotopic (exact) mass is 346 g/mol. The molecule has 3 aromatic rings. The number of halogens is 2. The lowest BCUT2D eigenvalue weighted by Gasteiger charge is -2.22. The number of ether oxygens (including phenoxy) is 1. The molecule has 0 radical (unpaired) electrons. The van der Waals surface area contributed by atoms with Crippen molar-refractivity contribution >= 4 is 22.7 Å². The van der Waals surface area contributed by atoms with Crippen LogP contribution in [0.1, 0.15) is 6.42 Å². The maximum atomic E-state index is 12.6. The van der Waals surface area contributed by atoms with E-state index < -0.39 is 6.61 Å². The van der Waals surface area contributed by atoms with E-state index in [4.69, 9.17) is 0 Å². The van der Waals surface area contributed by atoms with Gasteiger partial charge in [0.1, 0.15) is 17.6 Å². The number of nitrogens with one attached hydrogen (secondary N) is 2. The van der Waals surface area contributed by atoms with E-state index in [0.29, 0.717) is 23.7 Å². The second-order valence-electron chi connectivity index (χ2n) is 5.75. The predicted molar refractivity (Wildman–Crippen MR) is 89.0 cm³/mol. The van der Waals surface area contributed by atoms with Crippen molar-refractivity contribution in [2.45, 2.75) is 19.1 Å². The molecule has 25 heavy (non-hydrogen) atoms. The van der Waals surface area contributed by atoms with Gasteiger partial charge in [-0.2, -0.15) is 8.78 Å². The van der Waals surface area contributed by atoms with Crippen molar-refractivity contribution in [2.75, 3.05) is 23.3 Å². The maximum absolute atomic E-state index is 12.6. The third-order valence-corrected chi connectivity index (χ3v) is 4.17. The van der Waals surface area contributed by atoms with Gasteiger partial charge < -0.3 is 19.9 Å². The van der Waals surface area contributed by atoms with Gasteiger partial charge in [0.2, 0.25) is 0 Å². The van der Waals surface area contributed by atoms with Crippen LogP contribution in [0, 0.1) is 0 Å². The van der Waals surface area contributed by atoms with Crippen LogP contribution in [0.15, 0.2) is 36.9 Å². The molecule has 0 bridgehead atoms. The number of aromatic nitrogens is 4. The van der Waals surface area contributed by atoms with Gasteiger partial charge >= 0.3 is 6.61 Å². The zero-order valence-corrected chi connectivity index (χ0v) is 13.2. The molecule has 1 aromatic carbocycles. The fourth-order valence-electron chi connectivity index (χ4n) is 3.08. The first-order valence-corrected chi connectivity index (χ1v) is 7.90. The summed E-state index contributed by atoms with van der Waals surface area (Å²) in [5, 5.41) is 3.38. The zero-order valence-electron chi connectivity index (χ0n) is 13.2. The number of benzene rings is 1. The van der Waals surface area contributed by atoms with Gasteiger partial charge in [0.25, 0.3) is 0 Å². The molecule has 0 spiro atoms. The molecular weight excluding hydrogens is 330 g/mol. The summed E-state index contributed by atoms with van der Waals surface area (Å²) in [6.45, 7) is -1.45. The predicted octanol–water partition coefficient (Wildman–Crippen LogP) is 2.65. The number of nitrogens with zero attached hydrogens (tertiary/aromatic N) is 4. The number of imidazole rings is 1.